The van der Waals surface area contributed by atoms with Gasteiger partial charge in [0, 0.05) is 23.5 Å². The topological polar surface area (TPSA) is 76.3 Å². The lowest BCUT2D eigenvalue weighted by Crippen LogP contribution is -2.49. The van der Waals surface area contributed by atoms with Crippen molar-refractivity contribution in [2.24, 2.45) is 10.3 Å². The zero-order valence-electron chi connectivity index (χ0n) is 15.6. The first-order chi connectivity index (χ1) is 11.8. The Kier molecular flexibility index (Phi) is 5.34. The first kappa shape index (κ1) is 18.6. The summed E-state index contributed by atoms with van der Waals surface area (Å²) in [4.78, 5) is 12.7. The summed E-state index contributed by atoms with van der Waals surface area (Å²) >= 11 is 0. The Morgan fingerprint density at radius 2 is 2.20 bits per heavy atom. The maximum absolute atomic E-state index is 13.2. The van der Waals surface area contributed by atoms with E-state index in [-0.39, 0.29) is 11.4 Å². The van der Waals surface area contributed by atoms with Gasteiger partial charge in [0.05, 0.1) is 27.2 Å². The fraction of sp³-hybridized carbons (Fsp3) is 0.778. The number of rotatable bonds is 4. The Hall–Kier alpha value is -1.21. The van der Waals surface area contributed by atoms with Gasteiger partial charge in [0.15, 0.2) is 0 Å². The average Bonchev–Trinajstić information content (AvgIpc) is 3.11. The molecule has 1 aromatic heterocycles. The zero-order chi connectivity index (χ0) is 18.1. The molecule has 7 heteroatoms. The van der Waals surface area contributed by atoms with Gasteiger partial charge in [-0.25, -0.2) is 4.21 Å². The molecule has 1 amide bonds. The molecule has 1 aromatic rings. The van der Waals surface area contributed by atoms with Crippen molar-refractivity contribution in [3.63, 3.8) is 0 Å². The molecule has 0 aliphatic carbocycles. The summed E-state index contributed by atoms with van der Waals surface area (Å²) in [6.45, 7) is 8.00. The van der Waals surface area contributed by atoms with Crippen molar-refractivity contribution in [3.8, 4) is 0 Å². The van der Waals surface area contributed by atoms with Gasteiger partial charge in [0.2, 0.25) is 0 Å². The second-order valence-electron chi connectivity index (χ2n) is 7.98. The summed E-state index contributed by atoms with van der Waals surface area (Å²) in [5.74, 6) is 1.25. The van der Waals surface area contributed by atoms with E-state index in [0.717, 1.165) is 50.9 Å². The molecule has 6 nitrogen and oxygen atoms in total. The Bertz CT molecular complexity index is 753. The van der Waals surface area contributed by atoms with Crippen LogP contribution in [0.4, 0.5) is 0 Å². The fourth-order valence-corrected chi connectivity index (χ4v) is 6.51. The first-order valence-electron chi connectivity index (χ1n) is 9.37. The number of carbonyl (C=O) groups is 1. The number of hydrogen-bond donors (Lipinski definition) is 1. The third-order valence-electron chi connectivity index (χ3n) is 5.45. The lowest BCUT2D eigenvalue weighted by Gasteiger charge is -2.35. The Morgan fingerprint density at radius 3 is 2.88 bits per heavy atom. The molecule has 2 aliphatic heterocycles. The van der Waals surface area contributed by atoms with E-state index in [1.807, 2.05) is 11.6 Å². The van der Waals surface area contributed by atoms with E-state index in [2.05, 4.69) is 28.6 Å². The van der Waals surface area contributed by atoms with Crippen molar-refractivity contribution >= 4 is 15.6 Å². The Morgan fingerprint density at radius 1 is 1.44 bits per heavy atom. The van der Waals surface area contributed by atoms with Gasteiger partial charge in [-0.1, -0.05) is 13.8 Å². The molecular formula is C18H30N4O2S. The van der Waals surface area contributed by atoms with E-state index < -0.39 is 9.73 Å². The van der Waals surface area contributed by atoms with Gasteiger partial charge < -0.3 is 5.32 Å². The van der Waals surface area contributed by atoms with Crippen molar-refractivity contribution in [2.45, 2.75) is 65.0 Å². The quantitative estimate of drug-likeness (QED) is 0.889. The van der Waals surface area contributed by atoms with Crippen LogP contribution in [0.2, 0.25) is 0 Å². The minimum atomic E-state index is -2.49. The van der Waals surface area contributed by atoms with Crippen molar-refractivity contribution in [3.05, 3.63) is 17.5 Å². The van der Waals surface area contributed by atoms with Gasteiger partial charge in [-0.3, -0.25) is 9.48 Å². The van der Waals surface area contributed by atoms with Gasteiger partial charge in [0.25, 0.3) is 5.91 Å². The molecule has 1 N–H and O–H groups in total. The van der Waals surface area contributed by atoms with E-state index in [1.165, 1.54) is 0 Å². The van der Waals surface area contributed by atoms with Crippen LogP contribution in [-0.4, -0.2) is 43.5 Å². The predicted molar refractivity (Wildman–Crippen MR) is 100 cm³/mol. The largest absolute Gasteiger partial charge is 0.310 e. The van der Waals surface area contributed by atoms with Crippen molar-refractivity contribution < 1.29 is 9.00 Å². The minimum absolute atomic E-state index is 0.0599. The average molecular weight is 367 g/mol. The first-order valence-corrected chi connectivity index (χ1v) is 11.2. The summed E-state index contributed by atoms with van der Waals surface area (Å²) in [5.41, 5.74) is 1.25. The lowest BCUT2D eigenvalue weighted by molar-refractivity contribution is 0.100. The highest BCUT2D eigenvalue weighted by molar-refractivity contribution is 7.94. The van der Waals surface area contributed by atoms with Gasteiger partial charge >= 0.3 is 0 Å². The monoisotopic (exact) mass is 366 g/mol. The minimum Gasteiger partial charge on any atom is -0.310 e. The van der Waals surface area contributed by atoms with Gasteiger partial charge in [-0.05, 0) is 51.5 Å². The summed E-state index contributed by atoms with van der Waals surface area (Å²) in [5, 5.41) is 7.84. The predicted octanol–water partition coefficient (Wildman–Crippen LogP) is 2.76. The van der Waals surface area contributed by atoms with Crippen LogP contribution in [0.25, 0.3) is 0 Å². The normalized spacial score (nSPS) is 29.4. The van der Waals surface area contributed by atoms with Crippen LogP contribution in [0.1, 0.15) is 62.0 Å². The summed E-state index contributed by atoms with van der Waals surface area (Å²) in [6.07, 6.45) is 6.66. The molecule has 140 valence electrons. The molecule has 0 radical (unpaired) electrons. The van der Waals surface area contributed by atoms with E-state index in [9.17, 15) is 9.00 Å². The Balaban J connectivity index is 1.79. The standard InChI is InChI=1S/C18H30N4O2S/c1-14(2)6-10-22-15(3)16(12-20-22)17(23)21-25(24)11-5-8-18(13-25)7-4-9-19-18/h12,14,19H,4-11,13H2,1-3H3. The van der Waals surface area contributed by atoms with Crippen molar-refractivity contribution in [2.75, 3.05) is 18.1 Å². The molecule has 0 bridgehead atoms. The second-order valence-corrected chi connectivity index (χ2v) is 10.4. The van der Waals surface area contributed by atoms with Gasteiger partial charge in [0.1, 0.15) is 0 Å². The van der Waals surface area contributed by atoms with Crippen LogP contribution in [0.15, 0.2) is 10.6 Å². The summed E-state index contributed by atoms with van der Waals surface area (Å²) in [6, 6.07) is 0. The number of carbonyl (C=O) groups excluding carboxylic acids is 1. The van der Waals surface area contributed by atoms with Gasteiger partial charge in [-0.15, -0.1) is 0 Å². The van der Waals surface area contributed by atoms with Crippen molar-refractivity contribution in [1.82, 2.24) is 15.1 Å². The molecule has 25 heavy (non-hydrogen) atoms. The third-order valence-corrected chi connectivity index (χ3v) is 7.88. The molecule has 2 unspecified atom stereocenters. The van der Waals surface area contributed by atoms with Crippen molar-refractivity contribution in [1.29, 1.82) is 0 Å². The molecule has 0 saturated carbocycles. The van der Waals surface area contributed by atoms with Crippen LogP contribution in [0.5, 0.6) is 0 Å². The second kappa shape index (κ2) is 7.19. The molecule has 3 rings (SSSR count). The molecular weight excluding hydrogens is 336 g/mol. The number of nitrogens with one attached hydrogen (secondary N) is 1. The maximum atomic E-state index is 13.2. The van der Waals surface area contributed by atoms with Crippen LogP contribution < -0.4 is 5.32 Å². The lowest BCUT2D eigenvalue weighted by atomic mass is 9.94. The Labute approximate surface area is 150 Å². The SMILES string of the molecule is Cc1c(C(=O)N=S2(=O)CCCC3(CCCN3)C2)cnn1CCC(C)C. The van der Waals surface area contributed by atoms with E-state index >= 15 is 0 Å². The summed E-state index contributed by atoms with van der Waals surface area (Å²) in [7, 11) is -2.49. The molecule has 2 saturated heterocycles. The zero-order valence-corrected chi connectivity index (χ0v) is 16.4. The third kappa shape index (κ3) is 4.14. The number of nitrogens with zero attached hydrogens (tertiary/aromatic N) is 3. The fourth-order valence-electron chi connectivity index (χ4n) is 3.96. The van der Waals surface area contributed by atoms with E-state index in [4.69, 9.17) is 0 Å². The molecule has 2 atom stereocenters. The smallest absolute Gasteiger partial charge is 0.288 e. The number of hydrogen-bond acceptors (Lipinski definition) is 4. The molecule has 2 fully saturated rings. The van der Waals surface area contributed by atoms with Gasteiger partial charge in [-0.2, -0.15) is 9.46 Å². The van der Waals surface area contributed by atoms with Crippen LogP contribution in [0, 0.1) is 12.8 Å². The molecule has 2 aliphatic rings. The highest BCUT2D eigenvalue weighted by Crippen LogP contribution is 2.32. The molecule has 0 aromatic carbocycles. The van der Waals surface area contributed by atoms with E-state index in [0.29, 0.717) is 23.0 Å². The van der Waals surface area contributed by atoms with Crippen LogP contribution >= 0.6 is 0 Å². The molecule has 1 spiro atoms. The number of aryl methyl sites for hydroxylation is 1. The number of aromatic nitrogens is 2. The van der Waals surface area contributed by atoms with Crippen LogP contribution in [0.3, 0.4) is 0 Å². The molecule has 3 heterocycles. The number of amides is 1. The van der Waals surface area contributed by atoms with E-state index in [1.54, 1.807) is 6.20 Å². The highest BCUT2D eigenvalue weighted by Gasteiger charge is 2.40. The summed E-state index contributed by atoms with van der Waals surface area (Å²) < 4.78 is 19.3. The highest BCUT2D eigenvalue weighted by atomic mass is 32.2. The maximum Gasteiger partial charge on any atom is 0.288 e. The van der Waals surface area contributed by atoms with Crippen LogP contribution in [-0.2, 0) is 16.3 Å².